The third-order valence-corrected chi connectivity index (χ3v) is 4.79. The Hall–Kier alpha value is -1.23. The fourth-order valence-corrected chi connectivity index (χ4v) is 3.82. The van der Waals surface area contributed by atoms with Crippen molar-refractivity contribution in [2.75, 3.05) is 14.2 Å². The molecule has 1 saturated carbocycles. The molecule has 0 aliphatic heterocycles. The maximum Gasteiger partial charge on any atom is 0.314 e. The van der Waals surface area contributed by atoms with Crippen LogP contribution < -0.4 is 9.47 Å². The van der Waals surface area contributed by atoms with Gasteiger partial charge in [0.2, 0.25) is 0 Å². The number of hydrogen-bond acceptors (Lipinski definition) is 3. The van der Waals surface area contributed by atoms with Crippen molar-refractivity contribution in [2.45, 2.75) is 38.0 Å². The van der Waals surface area contributed by atoms with E-state index in [4.69, 9.17) is 9.47 Å². The summed E-state index contributed by atoms with van der Waals surface area (Å²) in [4.78, 5) is 11.8. The molecule has 1 fully saturated rings. The van der Waals surface area contributed by atoms with Gasteiger partial charge in [-0.2, -0.15) is 0 Å². The highest BCUT2D eigenvalue weighted by Crippen LogP contribution is 2.51. The van der Waals surface area contributed by atoms with E-state index in [0.717, 1.165) is 22.0 Å². The Labute approximate surface area is 127 Å². The summed E-state index contributed by atoms with van der Waals surface area (Å²) in [6, 6.07) is 1.80. The van der Waals surface area contributed by atoms with Crippen LogP contribution in [-0.2, 0) is 16.6 Å². The normalized spacial score (nSPS) is 16.4. The van der Waals surface area contributed by atoms with Gasteiger partial charge in [0.05, 0.1) is 19.6 Å². The van der Waals surface area contributed by atoms with Crippen LogP contribution in [-0.4, -0.2) is 25.3 Å². The second-order valence-corrected chi connectivity index (χ2v) is 5.90. The average molecular weight is 343 g/mol. The van der Waals surface area contributed by atoms with Gasteiger partial charge < -0.3 is 14.6 Å². The lowest BCUT2D eigenvalue weighted by Crippen LogP contribution is -2.43. The van der Waals surface area contributed by atoms with Crippen molar-refractivity contribution < 1.29 is 19.4 Å². The molecule has 110 valence electrons. The van der Waals surface area contributed by atoms with Crippen LogP contribution in [0.15, 0.2) is 10.5 Å². The smallest absolute Gasteiger partial charge is 0.314 e. The molecule has 1 aliphatic carbocycles. The van der Waals surface area contributed by atoms with Crippen LogP contribution >= 0.6 is 15.9 Å². The summed E-state index contributed by atoms with van der Waals surface area (Å²) < 4.78 is 11.6. The molecule has 4 nitrogen and oxygen atoms in total. The average Bonchev–Trinajstić information content (AvgIpc) is 2.37. The number of aliphatic carboxylic acids is 1. The summed E-state index contributed by atoms with van der Waals surface area (Å²) in [6.07, 6.45) is 2.98. The van der Waals surface area contributed by atoms with Crippen molar-refractivity contribution in [3.8, 4) is 11.5 Å². The minimum atomic E-state index is -0.788. The van der Waals surface area contributed by atoms with Crippen molar-refractivity contribution in [2.24, 2.45) is 0 Å². The first kappa shape index (κ1) is 15.2. The fourth-order valence-electron chi connectivity index (χ4n) is 2.99. The highest BCUT2D eigenvalue weighted by molar-refractivity contribution is 9.10. The Balaban J connectivity index is 2.72. The van der Waals surface area contributed by atoms with Crippen molar-refractivity contribution in [3.63, 3.8) is 0 Å². The van der Waals surface area contributed by atoms with Crippen molar-refractivity contribution >= 4 is 21.9 Å². The number of halogens is 1. The van der Waals surface area contributed by atoms with Crippen LogP contribution in [0, 0.1) is 0 Å². The quantitative estimate of drug-likeness (QED) is 0.889. The maximum atomic E-state index is 11.8. The Morgan fingerprint density at radius 2 is 2.05 bits per heavy atom. The summed E-state index contributed by atoms with van der Waals surface area (Å²) in [7, 11) is 3.17. The van der Waals surface area contributed by atoms with Gasteiger partial charge in [0.15, 0.2) is 11.5 Å². The van der Waals surface area contributed by atoms with Gasteiger partial charge in [0.1, 0.15) is 0 Å². The van der Waals surface area contributed by atoms with E-state index in [9.17, 15) is 9.90 Å². The summed E-state index contributed by atoms with van der Waals surface area (Å²) in [5, 5.41) is 9.68. The van der Waals surface area contributed by atoms with Crippen molar-refractivity contribution in [1.29, 1.82) is 0 Å². The summed E-state index contributed by atoms with van der Waals surface area (Å²) in [5.74, 6) is 0.506. The largest absolute Gasteiger partial charge is 0.493 e. The minimum Gasteiger partial charge on any atom is -0.493 e. The summed E-state index contributed by atoms with van der Waals surface area (Å²) in [5.41, 5.74) is 0.973. The van der Waals surface area contributed by atoms with E-state index in [1.807, 2.05) is 6.92 Å². The van der Waals surface area contributed by atoms with Crippen LogP contribution in [0.2, 0.25) is 0 Å². The molecule has 0 bridgehead atoms. The van der Waals surface area contributed by atoms with E-state index in [1.54, 1.807) is 20.3 Å². The van der Waals surface area contributed by atoms with Gasteiger partial charge in [-0.05, 0) is 30.9 Å². The first-order valence-electron chi connectivity index (χ1n) is 6.69. The lowest BCUT2D eigenvalue weighted by atomic mass is 9.63. The van der Waals surface area contributed by atoms with E-state index < -0.39 is 11.4 Å². The zero-order valence-corrected chi connectivity index (χ0v) is 13.5. The molecule has 0 spiro atoms. The van der Waals surface area contributed by atoms with Gasteiger partial charge in [-0.15, -0.1) is 0 Å². The van der Waals surface area contributed by atoms with Crippen LogP contribution in [0.4, 0.5) is 0 Å². The standard InChI is InChI=1S/C15H19BrO4/c1-4-9-12(15(14(17)18)6-5-7-15)10(16)8-11(19-2)13(9)20-3/h8H,4-7H2,1-3H3,(H,17,18). The van der Waals surface area contributed by atoms with Crippen molar-refractivity contribution in [1.82, 2.24) is 0 Å². The van der Waals surface area contributed by atoms with E-state index in [-0.39, 0.29) is 0 Å². The van der Waals surface area contributed by atoms with Crippen LogP contribution in [0.3, 0.4) is 0 Å². The number of hydrogen-bond donors (Lipinski definition) is 1. The highest BCUT2D eigenvalue weighted by Gasteiger charge is 2.49. The molecule has 0 unspecified atom stereocenters. The number of rotatable bonds is 5. The Morgan fingerprint density at radius 1 is 1.40 bits per heavy atom. The third-order valence-electron chi connectivity index (χ3n) is 4.17. The molecule has 0 amide bonds. The minimum absolute atomic E-state index is 0.625. The lowest BCUT2D eigenvalue weighted by Gasteiger charge is -2.40. The Kier molecular flexibility index (Phi) is 4.28. The molecular weight excluding hydrogens is 324 g/mol. The zero-order valence-electron chi connectivity index (χ0n) is 12.0. The third kappa shape index (κ3) is 2.08. The molecule has 0 heterocycles. The predicted molar refractivity (Wildman–Crippen MR) is 79.8 cm³/mol. The first-order chi connectivity index (χ1) is 9.51. The van der Waals surface area contributed by atoms with Crippen LogP contribution in [0.5, 0.6) is 11.5 Å². The van der Waals surface area contributed by atoms with Gasteiger partial charge in [-0.3, -0.25) is 4.79 Å². The molecule has 1 N–H and O–H groups in total. The number of carboxylic acid groups (broad SMARTS) is 1. The van der Waals surface area contributed by atoms with E-state index >= 15 is 0 Å². The fraction of sp³-hybridized carbons (Fsp3) is 0.533. The number of ether oxygens (including phenoxy) is 2. The van der Waals surface area contributed by atoms with Gasteiger partial charge in [-0.1, -0.05) is 29.3 Å². The number of benzene rings is 1. The molecule has 0 radical (unpaired) electrons. The second kappa shape index (κ2) is 5.64. The Bertz CT molecular complexity index is 535. The van der Waals surface area contributed by atoms with Crippen LogP contribution in [0.25, 0.3) is 0 Å². The number of carboxylic acids is 1. The van der Waals surface area contributed by atoms with E-state index in [0.29, 0.717) is 30.8 Å². The molecule has 0 atom stereocenters. The lowest BCUT2D eigenvalue weighted by molar-refractivity contribution is -0.147. The summed E-state index contributed by atoms with van der Waals surface area (Å²) >= 11 is 3.52. The van der Waals surface area contributed by atoms with Gasteiger partial charge in [0, 0.05) is 10.0 Å². The van der Waals surface area contributed by atoms with E-state index in [2.05, 4.69) is 15.9 Å². The van der Waals surface area contributed by atoms with Gasteiger partial charge in [-0.25, -0.2) is 0 Å². The molecule has 1 aromatic carbocycles. The van der Waals surface area contributed by atoms with Crippen molar-refractivity contribution in [3.05, 3.63) is 21.7 Å². The molecular formula is C15H19BrO4. The number of carbonyl (C=O) groups is 1. The Morgan fingerprint density at radius 3 is 2.40 bits per heavy atom. The SMILES string of the molecule is CCc1c(OC)c(OC)cc(Br)c1C1(C(=O)O)CCC1. The maximum absolute atomic E-state index is 11.8. The highest BCUT2D eigenvalue weighted by atomic mass is 79.9. The first-order valence-corrected chi connectivity index (χ1v) is 7.48. The summed E-state index contributed by atoms with van der Waals surface area (Å²) in [6.45, 7) is 2.00. The van der Waals surface area contributed by atoms with Gasteiger partial charge >= 0.3 is 5.97 Å². The molecule has 0 aromatic heterocycles. The topological polar surface area (TPSA) is 55.8 Å². The monoisotopic (exact) mass is 342 g/mol. The number of methoxy groups -OCH3 is 2. The molecule has 1 aliphatic rings. The van der Waals surface area contributed by atoms with Crippen LogP contribution in [0.1, 0.15) is 37.3 Å². The van der Waals surface area contributed by atoms with E-state index in [1.165, 1.54) is 0 Å². The molecule has 1 aromatic rings. The molecule has 5 heteroatoms. The molecule has 20 heavy (non-hydrogen) atoms. The van der Waals surface area contributed by atoms with Gasteiger partial charge in [0.25, 0.3) is 0 Å². The molecule has 0 saturated heterocycles. The second-order valence-electron chi connectivity index (χ2n) is 5.04. The predicted octanol–water partition coefficient (Wildman–Crippen LogP) is 3.54. The molecule has 2 rings (SSSR count). The zero-order chi connectivity index (χ0) is 14.9.